The zero-order valence-corrected chi connectivity index (χ0v) is 12.8. The van der Waals surface area contributed by atoms with Gasteiger partial charge >= 0.3 is 0 Å². The van der Waals surface area contributed by atoms with E-state index in [1.54, 1.807) is 28.6 Å². The predicted octanol–water partition coefficient (Wildman–Crippen LogP) is 3.68. The van der Waals surface area contributed by atoms with Crippen LogP contribution in [0.2, 0.25) is 0 Å². The van der Waals surface area contributed by atoms with Gasteiger partial charge in [0.1, 0.15) is 0 Å². The van der Waals surface area contributed by atoms with E-state index < -0.39 is 10.0 Å². The average molecular weight is 301 g/mol. The van der Waals surface area contributed by atoms with Gasteiger partial charge < -0.3 is 0 Å². The van der Waals surface area contributed by atoms with Gasteiger partial charge in [0.05, 0.1) is 10.6 Å². The van der Waals surface area contributed by atoms with Crippen molar-refractivity contribution in [2.75, 3.05) is 4.31 Å². The normalized spacial score (nSPS) is 16.4. The standard InChI is InChI=1S/C17H19NO2S/c1-14(15-12-13-15)18(16-8-4-2-5-9-16)21(19,20)17-10-6-3-7-11-17/h2-11,14-15H,12-13H2,1H3/t14-/m1/s1. The maximum atomic E-state index is 13.0. The molecule has 110 valence electrons. The lowest BCUT2D eigenvalue weighted by molar-refractivity contribution is 0.566. The molecule has 3 rings (SSSR count). The first-order chi connectivity index (χ1) is 10.1. The van der Waals surface area contributed by atoms with E-state index in [2.05, 4.69) is 0 Å². The van der Waals surface area contributed by atoms with Gasteiger partial charge in [0, 0.05) is 6.04 Å². The lowest BCUT2D eigenvalue weighted by Crippen LogP contribution is -2.40. The van der Waals surface area contributed by atoms with E-state index in [9.17, 15) is 8.42 Å². The first kappa shape index (κ1) is 14.1. The fourth-order valence-corrected chi connectivity index (χ4v) is 4.38. The molecular weight excluding hydrogens is 282 g/mol. The summed E-state index contributed by atoms with van der Waals surface area (Å²) < 4.78 is 27.6. The number of anilines is 1. The lowest BCUT2D eigenvalue weighted by atomic mass is 10.2. The number of benzene rings is 2. The first-order valence-corrected chi connectivity index (χ1v) is 8.69. The SMILES string of the molecule is C[C@H](C1CC1)N(c1ccccc1)S(=O)(=O)c1ccccc1. The number of hydrogen-bond donors (Lipinski definition) is 0. The second-order valence-electron chi connectivity index (χ2n) is 5.53. The van der Waals surface area contributed by atoms with E-state index in [0.29, 0.717) is 10.8 Å². The summed E-state index contributed by atoms with van der Waals surface area (Å²) in [6.07, 6.45) is 2.21. The van der Waals surface area contributed by atoms with Gasteiger partial charge in [-0.15, -0.1) is 0 Å². The summed E-state index contributed by atoms with van der Waals surface area (Å²) >= 11 is 0. The predicted molar refractivity (Wildman–Crippen MR) is 84.7 cm³/mol. The number of sulfonamides is 1. The molecule has 0 radical (unpaired) electrons. The molecule has 1 fully saturated rings. The number of rotatable bonds is 5. The van der Waals surface area contributed by atoms with Crippen molar-refractivity contribution in [3.63, 3.8) is 0 Å². The van der Waals surface area contributed by atoms with Gasteiger partial charge in [0.2, 0.25) is 0 Å². The van der Waals surface area contributed by atoms with Gasteiger partial charge in [0.25, 0.3) is 10.0 Å². The lowest BCUT2D eigenvalue weighted by Gasteiger charge is -2.30. The largest absolute Gasteiger partial charge is 0.264 e. The maximum Gasteiger partial charge on any atom is 0.264 e. The summed E-state index contributed by atoms with van der Waals surface area (Å²) in [5.74, 6) is 0.462. The van der Waals surface area contributed by atoms with Gasteiger partial charge in [-0.2, -0.15) is 0 Å². The molecule has 0 amide bonds. The highest BCUT2D eigenvalue weighted by Gasteiger charge is 2.38. The summed E-state index contributed by atoms with van der Waals surface area (Å²) in [4.78, 5) is 0.348. The molecule has 1 saturated carbocycles. The first-order valence-electron chi connectivity index (χ1n) is 7.25. The molecule has 2 aromatic rings. The van der Waals surface area contributed by atoms with Crippen molar-refractivity contribution >= 4 is 15.7 Å². The smallest absolute Gasteiger partial charge is 0.263 e. The molecule has 0 unspecified atom stereocenters. The van der Waals surface area contributed by atoms with Crippen LogP contribution in [0.5, 0.6) is 0 Å². The fraction of sp³-hybridized carbons (Fsp3) is 0.294. The van der Waals surface area contributed by atoms with E-state index in [4.69, 9.17) is 0 Å². The van der Waals surface area contributed by atoms with Gasteiger partial charge in [-0.25, -0.2) is 8.42 Å². The van der Waals surface area contributed by atoms with Crippen molar-refractivity contribution in [3.8, 4) is 0 Å². The molecular formula is C17H19NO2S. The number of hydrogen-bond acceptors (Lipinski definition) is 2. The van der Waals surface area contributed by atoms with E-state index >= 15 is 0 Å². The summed E-state index contributed by atoms with van der Waals surface area (Å²) in [6.45, 7) is 2.01. The minimum atomic E-state index is -3.53. The van der Waals surface area contributed by atoms with E-state index in [1.807, 2.05) is 43.3 Å². The molecule has 1 atom stereocenters. The Kier molecular flexibility index (Phi) is 3.72. The zero-order valence-electron chi connectivity index (χ0n) is 12.0. The minimum Gasteiger partial charge on any atom is -0.263 e. The Morgan fingerprint density at radius 3 is 2.00 bits per heavy atom. The van der Waals surface area contributed by atoms with Crippen LogP contribution in [-0.2, 0) is 10.0 Å². The van der Waals surface area contributed by atoms with E-state index in [-0.39, 0.29) is 6.04 Å². The Labute approximate surface area is 126 Å². The molecule has 0 aromatic heterocycles. The van der Waals surface area contributed by atoms with Gasteiger partial charge in [0.15, 0.2) is 0 Å². The third kappa shape index (κ3) is 2.81. The molecule has 21 heavy (non-hydrogen) atoms. The van der Waals surface area contributed by atoms with Gasteiger partial charge in [-0.05, 0) is 49.9 Å². The highest BCUT2D eigenvalue weighted by molar-refractivity contribution is 7.92. The van der Waals surface area contributed by atoms with Crippen LogP contribution in [0.4, 0.5) is 5.69 Å². The van der Waals surface area contributed by atoms with E-state index in [0.717, 1.165) is 18.5 Å². The summed E-state index contributed by atoms with van der Waals surface area (Å²) in [6, 6.07) is 18.0. The topological polar surface area (TPSA) is 37.4 Å². The quantitative estimate of drug-likeness (QED) is 0.845. The molecule has 0 aliphatic heterocycles. The monoisotopic (exact) mass is 301 g/mol. The highest BCUT2D eigenvalue weighted by Crippen LogP contribution is 2.39. The molecule has 0 saturated heterocycles. The Hall–Kier alpha value is -1.81. The summed E-state index contributed by atoms with van der Waals surface area (Å²) in [7, 11) is -3.53. The molecule has 0 heterocycles. The molecule has 0 bridgehead atoms. The van der Waals surface area contributed by atoms with Crippen LogP contribution in [0, 0.1) is 5.92 Å². The van der Waals surface area contributed by atoms with Crippen molar-refractivity contribution in [1.29, 1.82) is 0 Å². The number of nitrogens with zero attached hydrogens (tertiary/aromatic N) is 1. The van der Waals surface area contributed by atoms with Crippen LogP contribution in [-0.4, -0.2) is 14.5 Å². The van der Waals surface area contributed by atoms with Crippen molar-refractivity contribution in [3.05, 3.63) is 60.7 Å². The van der Waals surface area contributed by atoms with Crippen molar-refractivity contribution in [2.45, 2.75) is 30.7 Å². The number of para-hydroxylation sites is 1. The fourth-order valence-electron chi connectivity index (χ4n) is 2.64. The molecule has 1 aliphatic rings. The van der Waals surface area contributed by atoms with Crippen molar-refractivity contribution in [2.24, 2.45) is 5.92 Å². The Morgan fingerprint density at radius 1 is 0.952 bits per heavy atom. The van der Waals surface area contributed by atoms with Crippen LogP contribution in [0.15, 0.2) is 65.6 Å². The van der Waals surface area contributed by atoms with Crippen LogP contribution in [0.1, 0.15) is 19.8 Å². The summed E-state index contributed by atoms with van der Waals surface area (Å²) in [5.41, 5.74) is 0.737. The second-order valence-corrected chi connectivity index (χ2v) is 7.34. The third-order valence-corrected chi connectivity index (χ3v) is 5.91. The Balaban J connectivity index is 2.07. The van der Waals surface area contributed by atoms with Gasteiger partial charge in [-0.3, -0.25) is 4.31 Å². The molecule has 2 aromatic carbocycles. The highest BCUT2D eigenvalue weighted by atomic mass is 32.2. The van der Waals surface area contributed by atoms with Crippen molar-refractivity contribution < 1.29 is 8.42 Å². The van der Waals surface area contributed by atoms with Crippen LogP contribution in [0.25, 0.3) is 0 Å². The molecule has 0 spiro atoms. The molecule has 0 N–H and O–H groups in total. The van der Waals surface area contributed by atoms with Crippen LogP contribution < -0.4 is 4.31 Å². The van der Waals surface area contributed by atoms with Crippen molar-refractivity contribution in [1.82, 2.24) is 0 Å². The Morgan fingerprint density at radius 2 is 1.48 bits per heavy atom. The second kappa shape index (κ2) is 5.53. The zero-order chi connectivity index (χ0) is 14.9. The molecule has 1 aliphatic carbocycles. The third-order valence-electron chi connectivity index (χ3n) is 3.98. The van der Waals surface area contributed by atoms with E-state index in [1.165, 1.54) is 0 Å². The maximum absolute atomic E-state index is 13.0. The van der Waals surface area contributed by atoms with Crippen LogP contribution in [0.3, 0.4) is 0 Å². The summed E-state index contributed by atoms with van der Waals surface area (Å²) in [5, 5.41) is 0. The average Bonchev–Trinajstić information content (AvgIpc) is 3.34. The van der Waals surface area contributed by atoms with Crippen LogP contribution >= 0.6 is 0 Å². The minimum absolute atomic E-state index is 0.0161. The Bertz CT molecular complexity index is 694. The molecule has 3 nitrogen and oxygen atoms in total. The molecule has 4 heteroatoms. The van der Waals surface area contributed by atoms with Gasteiger partial charge in [-0.1, -0.05) is 36.4 Å².